The Hall–Kier alpha value is -1.37. The lowest BCUT2D eigenvalue weighted by molar-refractivity contribution is -0.142. The fraction of sp³-hybridized carbons (Fsp3) is 0.444. The summed E-state index contributed by atoms with van der Waals surface area (Å²) >= 11 is 3.15. The number of carboxylic acids is 1. The molecule has 0 aliphatic carbocycles. The van der Waals surface area contributed by atoms with E-state index in [2.05, 4.69) is 31.1 Å². The molecule has 1 heterocycles. The van der Waals surface area contributed by atoms with E-state index in [-0.39, 0.29) is 0 Å². The van der Waals surface area contributed by atoms with Gasteiger partial charge in [0.15, 0.2) is 5.76 Å². The number of aromatic nitrogens is 1. The lowest BCUT2D eigenvalue weighted by atomic mass is 10.2. The van der Waals surface area contributed by atoms with E-state index in [0.717, 1.165) is 6.42 Å². The highest BCUT2D eigenvalue weighted by molar-refractivity contribution is 9.10. The van der Waals surface area contributed by atoms with Crippen LogP contribution in [0.15, 0.2) is 20.3 Å². The Morgan fingerprint density at radius 2 is 2.50 bits per heavy atom. The zero-order valence-corrected chi connectivity index (χ0v) is 10.2. The summed E-state index contributed by atoms with van der Waals surface area (Å²) in [6.45, 7) is 1.50. The van der Waals surface area contributed by atoms with Crippen molar-refractivity contribution in [3.8, 4) is 0 Å². The topological polar surface area (TPSA) is 84.9 Å². The number of nitrogens with zero attached hydrogens (tertiary/aromatic N) is 2. The third kappa shape index (κ3) is 4.01. The SMILES string of the molecule is CCC/C(=N\OCC(=O)O)c1cc(Br)no1. The minimum Gasteiger partial charge on any atom is -0.479 e. The van der Waals surface area contributed by atoms with Gasteiger partial charge in [0.05, 0.1) is 0 Å². The summed E-state index contributed by atoms with van der Waals surface area (Å²) in [7, 11) is 0. The monoisotopic (exact) mass is 290 g/mol. The fourth-order valence-electron chi connectivity index (χ4n) is 1.01. The molecule has 0 radical (unpaired) electrons. The molecule has 0 spiro atoms. The maximum Gasteiger partial charge on any atom is 0.344 e. The van der Waals surface area contributed by atoms with Crippen LogP contribution < -0.4 is 0 Å². The lowest BCUT2D eigenvalue weighted by Gasteiger charge is -1.99. The summed E-state index contributed by atoms with van der Waals surface area (Å²) in [6.07, 6.45) is 1.47. The van der Waals surface area contributed by atoms with Crippen molar-refractivity contribution in [2.24, 2.45) is 5.16 Å². The molecular formula is C9H11BrN2O4. The average molecular weight is 291 g/mol. The third-order valence-electron chi connectivity index (χ3n) is 1.62. The first-order valence-electron chi connectivity index (χ1n) is 4.66. The number of hydrogen-bond acceptors (Lipinski definition) is 5. The highest BCUT2D eigenvalue weighted by atomic mass is 79.9. The molecular weight excluding hydrogens is 280 g/mol. The van der Waals surface area contributed by atoms with E-state index >= 15 is 0 Å². The summed E-state index contributed by atoms with van der Waals surface area (Å²) in [4.78, 5) is 14.9. The molecule has 0 atom stereocenters. The number of carbonyl (C=O) groups is 1. The maximum atomic E-state index is 10.2. The predicted molar refractivity (Wildman–Crippen MR) is 59.2 cm³/mol. The number of aliphatic carboxylic acids is 1. The van der Waals surface area contributed by atoms with Crippen LogP contribution in [-0.2, 0) is 9.63 Å². The lowest BCUT2D eigenvalue weighted by Crippen LogP contribution is -2.06. The van der Waals surface area contributed by atoms with Crippen LogP contribution in [0.4, 0.5) is 0 Å². The molecule has 0 bridgehead atoms. The van der Waals surface area contributed by atoms with Crippen molar-refractivity contribution in [2.75, 3.05) is 6.61 Å². The molecule has 16 heavy (non-hydrogen) atoms. The highest BCUT2D eigenvalue weighted by Gasteiger charge is 2.10. The van der Waals surface area contributed by atoms with Gasteiger partial charge in [0.2, 0.25) is 6.61 Å². The van der Waals surface area contributed by atoms with Gasteiger partial charge in [-0.15, -0.1) is 0 Å². The summed E-state index contributed by atoms with van der Waals surface area (Å²) in [5, 5.41) is 15.8. The number of oxime groups is 1. The van der Waals surface area contributed by atoms with E-state index in [1.54, 1.807) is 6.07 Å². The Balaban J connectivity index is 2.70. The van der Waals surface area contributed by atoms with E-state index < -0.39 is 12.6 Å². The van der Waals surface area contributed by atoms with Crippen molar-refractivity contribution in [2.45, 2.75) is 19.8 Å². The van der Waals surface area contributed by atoms with Crippen molar-refractivity contribution in [3.05, 3.63) is 16.4 Å². The highest BCUT2D eigenvalue weighted by Crippen LogP contribution is 2.13. The first-order valence-corrected chi connectivity index (χ1v) is 5.46. The molecule has 0 aliphatic heterocycles. The normalized spacial score (nSPS) is 11.5. The first kappa shape index (κ1) is 12.7. The summed E-state index contributed by atoms with van der Waals surface area (Å²) in [5.74, 6) is -0.600. The van der Waals surface area contributed by atoms with E-state index in [4.69, 9.17) is 9.63 Å². The van der Waals surface area contributed by atoms with Gasteiger partial charge in [0.25, 0.3) is 0 Å². The molecule has 0 aliphatic rings. The molecule has 7 heteroatoms. The Bertz CT molecular complexity index is 389. The average Bonchev–Trinajstić information content (AvgIpc) is 2.63. The summed E-state index contributed by atoms with van der Waals surface area (Å²) < 4.78 is 5.54. The van der Waals surface area contributed by atoms with Crippen LogP contribution >= 0.6 is 15.9 Å². The van der Waals surface area contributed by atoms with Gasteiger partial charge in [-0.05, 0) is 22.4 Å². The van der Waals surface area contributed by atoms with Crippen LogP contribution in [0.5, 0.6) is 0 Å². The van der Waals surface area contributed by atoms with Crippen LogP contribution in [0.1, 0.15) is 25.5 Å². The van der Waals surface area contributed by atoms with Gasteiger partial charge in [-0.1, -0.05) is 23.7 Å². The Morgan fingerprint density at radius 1 is 1.75 bits per heavy atom. The number of rotatable bonds is 6. The third-order valence-corrected chi connectivity index (χ3v) is 1.99. The fourth-order valence-corrected chi connectivity index (χ4v) is 1.29. The zero-order chi connectivity index (χ0) is 12.0. The van der Waals surface area contributed by atoms with E-state index in [9.17, 15) is 4.79 Å². The van der Waals surface area contributed by atoms with Crippen molar-refractivity contribution < 1.29 is 19.3 Å². The summed E-state index contributed by atoms with van der Waals surface area (Å²) in [5.41, 5.74) is 0.543. The second-order valence-corrected chi connectivity index (χ2v) is 3.78. The minimum atomic E-state index is -1.07. The molecule has 1 rings (SSSR count). The quantitative estimate of drug-likeness (QED) is 0.640. The molecule has 88 valence electrons. The van der Waals surface area contributed by atoms with Crippen LogP contribution in [0, 0.1) is 0 Å². The number of halogens is 1. The Morgan fingerprint density at radius 3 is 3.00 bits per heavy atom. The molecule has 0 amide bonds. The van der Waals surface area contributed by atoms with Gasteiger partial charge in [0.1, 0.15) is 10.3 Å². The zero-order valence-electron chi connectivity index (χ0n) is 8.64. The summed E-state index contributed by atoms with van der Waals surface area (Å²) in [6, 6.07) is 1.65. The second kappa shape index (κ2) is 6.26. The van der Waals surface area contributed by atoms with Gasteiger partial charge in [0, 0.05) is 6.07 Å². The number of hydrogen-bond donors (Lipinski definition) is 1. The van der Waals surface area contributed by atoms with Gasteiger partial charge in [-0.25, -0.2) is 4.79 Å². The molecule has 1 aromatic heterocycles. The van der Waals surface area contributed by atoms with Crippen LogP contribution in [-0.4, -0.2) is 28.6 Å². The Labute approximate surface area is 100 Å². The first-order chi connectivity index (χ1) is 7.63. The molecule has 1 N–H and O–H groups in total. The smallest absolute Gasteiger partial charge is 0.344 e. The number of carboxylic acid groups (broad SMARTS) is 1. The van der Waals surface area contributed by atoms with E-state index in [0.29, 0.717) is 22.5 Å². The second-order valence-electron chi connectivity index (χ2n) is 2.97. The Kier molecular flexibility index (Phi) is 4.97. The van der Waals surface area contributed by atoms with Crippen LogP contribution in [0.3, 0.4) is 0 Å². The van der Waals surface area contributed by atoms with Crippen molar-refractivity contribution in [1.82, 2.24) is 5.16 Å². The van der Waals surface area contributed by atoms with Crippen LogP contribution in [0.25, 0.3) is 0 Å². The molecule has 0 saturated heterocycles. The largest absolute Gasteiger partial charge is 0.479 e. The van der Waals surface area contributed by atoms with Gasteiger partial charge in [-0.3, -0.25) is 0 Å². The maximum absolute atomic E-state index is 10.2. The van der Waals surface area contributed by atoms with Crippen molar-refractivity contribution >= 4 is 27.6 Å². The minimum absolute atomic E-state index is 0.470. The van der Waals surface area contributed by atoms with Gasteiger partial charge in [-0.2, -0.15) is 0 Å². The van der Waals surface area contributed by atoms with Gasteiger partial charge < -0.3 is 14.5 Å². The van der Waals surface area contributed by atoms with E-state index in [1.165, 1.54) is 0 Å². The van der Waals surface area contributed by atoms with Crippen LogP contribution in [0.2, 0.25) is 0 Å². The molecule has 0 aromatic carbocycles. The molecule has 0 fully saturated rings. The standard InChI is InChI=1S/C9H11BrN2O4/c1-2-3-6(11-15-5-9(13)14)7-4-8(10)12-16-7/h4H,2-3,5H2,1H3,(H,13,14)/b11-6+. The molecule has 0 unspecified atom stereocenters. The van der Waals surface area contributed by atoms with Crippen molar-refractivity contribution in [1.29, 1.82) is 0 Å². The van der Waals surface area contributed by atoms with E-state index in [1.807, 2.05) is 6.92 Å². The molecule has 6 nitrogen and oxygen atoms in total. The molecule has 0 saturated carbocycles. The predicted octanol–water partition coefficient (Wildman–Crippen LogP) is 2.04. The van der Waals surface area contributed by atoms with Crippen molar-refractivity contribution in [3.63, 3.8) is 0 Å². The molecule has 1 aromatic rings. The van der Waals surface area contributed by atoms with Gasteiger partial charge >= 0.3 is 5.97 Å².